The topological polar surface area (TPSA) is 24.5 Å². The summed E-state index contributed by atoms with van der Waals surface area (Å²) in [5.41, 5.74) is 0.323. The summed E-state index contributed by atoms with van der Waals surface area (Å²) in [6.07, 6.45) is 1.18. The Morgan fingerprint density at radius 2 is 2.00 bits per heavy atom. The first-order valence-corrected chi connectivity index (χ1v) is 6.46. The van der Waals surface area contributed by atoms with Crippen molar-refractivity contribution >= 4 is 0 Å². The smallest absolute Gasteiger partial charge is 0.0547 e. The van der Waals surface area contributed by atoms with E-state index >= 15 is 0 Å². The van der Waals surface area contributed by atoms with Gasteiger partial charge < -0.3 is 15.0 Å². The van der Waals surface area contributed by atoms with E-state index in [-0.39, 0.29) is 0 Å². The fourth-order valence-electron chi connectivity index (χ4n) is 2.10. The van der Waals surface area contributed by atoms with Gasteiger partial charge in [-0.1, -0.05) is 13.8 Å². The second-order valence-electron chi connectivity index (χ2n) is 5.85. The molecule has 1 fully saturated rings. The van der Waals surface area contributed by atoms with Crippen LogP contribution in [0, 0.1) is 5.41 Å². The molecule has 1 saturated heterocycles. The molecule has 0 bridgehead atoms. The summed E-state index contributed by atoms with van der Waals surface area (Å²) in [6.45, 7) is 12.9. The van der Waals surface area contributed by atoms with Gasteiger partial charge in [-0.05, 0) is 27.3 Å². The molecular formula is C13H28N2O. The van der Waals surface area contributed by atoms with Gasteiger partial charge in [0.25, 0.3) is 0 Å². The fraction of sp³-hybridized carbons (Fsp3) is 1.00. The van der Waals surface area contributed by atoms with Crippen molar-refractivity contribution in [3.63, 3.8) is 0 Å². The summed E-state index contributed by atoms with van der Waals surface area (Å²) in [5.74, 6) is 0. The van der Waals surface area contributed by atoms with E-state index in [1.165, 1.54) is 6.42 Å². The quantitative estimate of drug-likeness (QED) is 0.749. The van der Waals surface area contributed by atoms with Gasteiger partial charge in [0, 0.05) is 37.2 Å². The second kappa shape index (κ2) is 5.99. The maximum absolute atomic E-state index is 5.61. The molecule has 1 aliphatic heterocycles. The standard InChI is InChI=1S/C13H28N2O/c1-11(2)14-8-13(6-7-16-10-13)9-15(5)12(3)4/h11-12,14H,6-10H2,1-5H3. The van der Waals surface area contributed by atoms with E-state index in [1.54, 1.807) is 0 Å². The van der Waals surface area contributed by atoms with E-state index < -0.39 is 0 Å². The summed E-state index contributed by atoms with van der Waals surface area (Å²) >= 11 is 0. The molecule has 96 valence electrons. The van der Waals surface area contributed by atoms with Crippen LogP contribution in [0.15, 0.2) is 0 Å². The molecule has 0 aromatic heterocycles. The summed E-state index contributed by atoms with van der Waals surface area (Å²) in [7, 11) is 2.21. The second-order valence-corrected chi connectivity index (χ2v) is 5.85. The Kier molecular flexibility index (Phi) is 5.22. The molecule has 1 rings (SSSR count). The predicted molar refractivity (Wildman–Crippen MR) is 68.8 cm³/mol. The third-order valence-corrected chi connectivity index (χ3v) is 3.54. The van der Waals surface area contributed by atoms with Crippen molar-refractivity contribution in [1.82, 2.24) is 10.2 Å². The molecule has 1 heterocycles. The van der Waals surface area contributed by atoms with Crippen LogP contribution in [0.4, 0.5) is 0 Å². The lowest BCUT2D eigenvalue weighted by molar-refractivity contribution is 0.106. The Morgan fingerprint density at radius 1 is 1.31 bits per heavy atom. The van der Waals surface area contributed by atoms with Gasteiger partial charge in [-0.25, -0.2) is 0 Å². The molecule has 0 aromatic carbocycles. The SMILES string of the molecule is CC(C)NCC1(CN(C)C(C)C)CCOC1. The average Bonchev–Trinajstić information content (AvgIpc) is 2.64. The number of hydrogen-bond donors (Lipinski definition) is 1. The Balaban J connectivity index is 2.51. The van der Waals surface area contributed by atoms with E-state index in [9.17, 15) is 0 Å². The monoisotopic (exact) mass is 228 g/mol. The van der Waals surface area contributed by atoms with Crippen molar-refractivity contribution in [2.24, 2.45) is 5.41 Å². The third-order valence-electron chi connectivity index (χ3n) is 3.54. The Labute approximate surface area is 101 Å². The van der Waals surface area contributed by atoms with Crippen molar-refractivity contribution in [2.75, 3.05) is 33.4 Å². The number of ether oxygens (including phenoxy) is 1. The van der Waals surface area contributed by atoms with Crippen LogP contribution >= 0.6 is 0 Å². The minimum atomic E-state index is 0.323. The normalized spacial score (nSPS) is 26.2. The molecular weight excluding hydrogens is 200 g/mol. The van der Waals surface area contributed by atoms with Crippen LogP contribution in [0.2, 0.25) is 0 Å². The van der Waals surface area contributed by atoms with Crippen LogP contribution in [-0.2, 0) is 4.74 Å². The summed E-state index contributed by atoms with van der Waals surface area (Å²) < 4.78 is 5.61. The van der Waals surface area contributed by atoms with Crippen LogP contribution in [-0.4, -0.2) is 50.3 Å². The zero-order valence-corrected chi connectivity index (χ0v) is 11.5. The molecule has 1 aliphatic rings. The van der Waals surface area contributed by atoms with Crippen molar-refractivity contribution in [3.05, 3.63) is 0 Å². The highest BCUT2D eigenvalue weighted by atomic mass is 16.5. The van der Waals surface area contributed by atoms with E-state index in [2.05, 4.69) is 45.0 Å². The number of hydrogen-bond acceptors (Lipinski definition) is 3. The molecule has 16 heavy (non-hydrogen) atoms. The van der Waals surface area contributed by atoms with E-state index in [1.807, 2.05) is 0 Å². The summed E-state index contributed by atoms with van der Waals surface area (Å²) in [4.78, 5) is 2.43. The van der Waals surface area contributed by atoms with Crippen molar-refractivity contribution in [1.29, 1.82) is 0 Å². The molecule has 1 unspecified atom stereocenters. The van der Waals surface area contributed by atoms with Gasteiger partial charge >= 0.3 is 0 Å². The van der Waals surface area contributed by atoms with Gasteiger partial charge in [-0.15, -0.1) is 0 Å². The van der Waals surface area contributed by atoms with Crippen LogP contribution in [0.5, 0.6) is 0 Å². The first-order valence-electron chi connectivity index (χ1n) is 6.46. The van der Waals surface area contributed by atoms with Crippen LogP contribution in [0.1, 0.15) is 34.1 Å². The molecule has 1 atom stereocenters. The van der Waals surface area contributed by atoms with E-state index in [0.29, 0.717) is 17.5 Å². The fourth-order valence-corrected chi connectivity index (χ4v) is 2.10. The lowest BCUT2D eigenvalue weighted by Crippen LogP contribution is -2.46. The van der Waals surface area contributed by atoms with Gasteiger partial charge in [-0.2, -0.15) is 0 Å². The van der Waals surface area contributed by atoms with Gasteiger partial charge in [0.05, 0.1) is 6.61 Å². The minimum absolute atomic E-state index is 0.323. The first-order chi connectivity index (χ1) is 7.45. The molecule has 3 heteroatoms. The van der Waals surface area contributed by atoms with Crippen molar-refractivity contribution < 1.29 is 4.74 Å². The molecule has 0 spiro atoms. The molecule has 0 amide bonds. The summed E-state index contributed by atoms with van der Waals surface area (Å²) in [6, 6.07) is 1.17. The van der Waals surface area contributed by atoms with Gasteiger partial charge in [0.2, 0.25) is 0 Å². The highest BCUT2D eigenvalue weighted by Gasteiger charge is 2.36. The maximum Gasteiger partial charge on any atom is 0.0547 e. The Morgan fingerprint density at radius 3 is 2.44 bits per heavy atom. The van der Waals surface area contributed by atoms with Gasteiger partial charge in [-0.3, -0.25) is 0 Å². The van der Waals surface area contributed by atoms with Gasteiger partial charge in [0.15, 0.2) is 0 Å². The Bertz CT molecular complexity index is 198. The lowest BCUT2D eigenvalue weighted by atomic mass is 9.86. The van der Waals surface area contributed by atoms with E-state index in [0.717, 1.165) is 26.3 Å². The molecule has 3 nitrogen and oxygen atoms in total. The number of nitrogens with zero attached hydrogens (tertiary/aromatic N) is 1. The molecule has 0 aromatic rings. The predicted octanol–water partition coefficient (Wildman–Crippen LogP) is 1.73. The highest BCUT2D eigenvalue weighted by molar-refractivity contribution is 4.88. The average molecular weight is 228 g/mol. The molecule has 0 radical (unpaired) electrons. The van der Waals surface area contributed by atoms with Gasteiger partial charge in [0.1, 0.15) is 0 Å². The number of rotatable bonds is 6. The van der Waals surface area contributed by atoms with Crippen LogP contribution < -0.4 is 5.32 Å². The van der Waals surface area contributed by atoms with Crippen LogP contribution in [0.3, 0.4) is 0 Å². The zero-order chi connectivity index (χ0) is 12.2. The largest absolute Gasteiger partial charge is 0.381 e. The van der Waals surface area contributed by atoms with E-state index in [4.69, 9.17) is 4.74 Å². The number of nitrogens with one attached hydrogen (secondary N) is 1. The van der Waals surface area contributed by atoms with Crippen LogP contribution in [0.25, 0.3) is 0 Å². The van der Waals surface area contributed by atoms with Crippen molar-refractivity contribution in [2.45, 2.75) is 46.2 Å². The highest BCUT2D eigenvalue weighted by Crippen LogP contribution is 2.29. The van der Waals surface area contributed by atoms with Crippen molar-refractivity contribution in [3.8, 4) is 0 Å². The maximum atomic E-state index is 5.61. The molecule has 0 aliphatic carbocycles. The third kappa shape index (κ3) is 4.04. The zero-order valence-electron chi connectivity index (χ0n) is 11.5. The first kappa shape index (κ1) is 13.9. The Hall–Kier alpha value is -0.120. The lowest BCUT2D eigenvalue weighted by Gasteiger charge is -2.35. The summed E-state index contributed by atoms with van der Waals surface area (Å²) in [5, 5.41) is 3.57. The molecule has 0 saturated carbocycles. The minimum Gasteiger partial charge on any atom is -0.381 e. The molecule has 1 N–H and O–H groups in total.